The summed E-state index contributed by atoms with van der Waals surface area (Å²) in [5.41, 5.74) is 1.41. The number of nitrogens with one attached hydrogen (secondary N) is 2. The molecule has 0 saturated carbocycles. The molecule has 1 rings (SSSR count). The van der Waals surface area contributed by atoms with Gasteiger partial charge in [0.15, 0.2) is 0 Å². The molecule has 0 aromatic heterocycles. The quantitative estimate of drug-likeness (QED) is 0.752. The second-order valence-corrected chi connectivity index (χ2v) is 4.84. The number of benzene rings is 1. The molecule has 7 nitrogen and oxygen atoms in total. The molecule has 1 atom stereocenters. The molecular formula is C16H22N2O5. The van der Waals surface area contributed by atoms with E-state index in [0.29, 0.717) is 5.69 Å². The molecule has 126 valence electrons. The van der Waals surface area contributed by atoms with Crippen LogP contribution < -0.4 is 10.6 Å². The topological polar surface area (TPSA) is 93.7 Å². The summed E-state index contributed by atoms with van der Waals surface area (Å²) in [5.74, 6) is -0.601. The van der Waals surface area contributed by atoms with E-state index in [2.05, 4.69) is 15.4 Å². The van der Waals surface area contributed by atoms with Crippen molar-refractivity contribution in [3.63, 3.8) is 0 Å². The molecule has 0 aliphatic heterocycles. The highest BCUT2D eigenvalue weighted by molar-refractivity contribution is 5.88. The van der Waals surface area contributed by atoms with E-state index in [-0.39, 0.29) is 25.5 Å². The van der Waals surface area contributed by atoms with Crippen LogP contribution in [0, 0.1) is 0 Å². The summed E-state index contributed by atoms with van der Waals surface area (Å²) >= 11 is 0. The summed E-state index contributed by atoms with van der Waals surface area (Å²) in [7, 11) is 0. The minimum absolute atomic E-state index is 0.0501. The van der Waals surface area contributed by atoms with Gasteiger partial charge >= 0.3 is 12.1 Å². The largest absolute Gasteiger partial charge is 0.458 e. The molecule has 1 aromatic carbocycles. The highest BCUT2D eigenvalue weighted by atomic mass is 16.5. The van der Waals surface area contributed by atoms with Crippen LogP contribution in [0.25, 0.3) is 0 Å². The average Bonchev–Trinajstić information content (AvgIpc) is 2.47. The van der Waals surface area contributed by atoms with Crippen LogP contribution in [0.15, 0.2) is 24.3 Å². The van der Waals surface area contributed by atoms with Gasteiger partial charge < -0.3 is 20.1 Å². The number of carbonyl (C=O) groups excluding carboxylic acids is 3. The molecular weight excluding hydrogens is 300 g/mol. The number of ether oxygens (including phenoxy) is 2. The summed E-state index contributed by atoms with van der Waals surface area (Å²) in [5, 5.41) is 5.12. The molecule has 1 aromatic rings. The Kier molecular flexibility index (Phi) is 7.59. The monoisotopic (exact) mass is 322 g/mol. The Morgan fingerprint density at radius 1 is 1.26 bits per heavy atom. The molecule has 2 N–H and O–H groups in total. The van der Waals surface area contributed by atoms with E-state index in [9.17, 15) is 14.4 Å². The van der Waals surface area contributed by atoms with E-state index in [0.717, 1.165) is 5.56 Å². The second kappa shape index (κ2) is 9.45. The maximum absolute atomic E-state index is 11.7. The Hall–Kier alpha value is -2.57. The molecule has 0 aliphatic carbocycles. The van der Waals surface area contributed by atoms with E-state index in [1.54, 1.807) is 38.1 Å². The van der Waals surface area contributed by atoms with Crippen molar-refractivity contribution in [1.29, 1.82) is 0 Å². The first-order chi connectivity index (χ1) is 10.9. The van der Waals surface area contributed by atoms with E-state index in [4.69, 9.17) is 4.74 Å². The van der Waals surface area contributed by atoms with Crippen molar-refractivity contribution < 1.29 is 23.9 Å². The normalized spacial score (nSPS) is 11.3. The number of carbonyl (C=O) groups is 3. The Balaban J connectivity index is 2.45. The number of esters is 1. The van der Waals surface area contributed by atoms with Crippen molar-refractivity contribution in [2.24, 2.45) is 0 Å². The second-order valence-electron chi connectivity index (χ2n) is 4.84. The fourth-order valence-electron chi connectivity index (χ4n) is 1.85. The van der Waals surface area contributed by atoms with Gasteiger partial charge in [-0.25, -0.2) is 4.79 Å². The van der Waals surface area contributed by atoms with Gasteiger partial charge in [-0.15, -0.1) is 0 Å². The van der Waals surface area contributed by atoms with Gasteiger partial charge in [-0.05, 0) is 31.5 Å². The Morgan fingerprint density at radius 2 is 2.00 bits per heavy atom. The highest BCUT2D eigenvalue weighted by Gasteiger charge is 2.13. The summed E-state index contributed by atoms with van der Waals surface area (Å²) in [6, 6.07) is 7.08. The van der Waals surface area contributed by atoms with E-state index < -0.39 is 18.2 Å². The van der Waals surface area contributed by atoms with Gasteiger partial charge in [0, 0.05) is 19.2 Å². The van der Waals surface area contributed by atoms with Crippen LogP contribution in [0.4, 0.5) is 10.5 Å². The first-order valence-corrected chi connectivity index (χ1v) is 7.40. The first-order valence-electron chi connectivity index (χ1n) is 7.40. The zero-order valence-corrected chi connectivity index (χ0v) is 13.5. The fourth-order valence-corrected chi connectivity index (χ4v) is 1.85. The number of hydrogen-bond acceptors (Lipinski definition) is 5. The van der Waals surface area contributed by atoms with Crippen LogP contribution in [0.3, 0.4) is 0 Å². The predicted octanol–water partition coefficient (Wildman–Crippen LogP) is 2.39. The van der Waals surface area contributed by atoms with Gasteiger partial charge in [0.25, 0.3) is 0 Å². The zero-order valence-electron chi connectivity index (χ0n) is 13.5. The first kappa shape index (κ1) is 18.5. The molecule has 0 saturated heterocycles. The number of amides is 2. The summed E-state index contributed by atoms with van der Waals surface area (Å²) in [4.78, 5) is 33.9. The van der Waals surface area contributed by atoms with Crippen LogP contribution in [0.5, 0.6) is 0 Å². The van der Waals surface area contributed by atoms with Gasteiger partial charge in [-0.1, -0.05) is 12.1 Å². The molecule has 0 unspecified atom stereocenters. The molecule has 0 spiro atoms. The molecule has 0 bridgehead atoms. The van der Waals surface area contributed by atoms with E-state index >= 15 is 0 Å². The van der Waals surface area contributed by atoms with E-state index in [1.807, 2.05) is 0 Å². The number of alkyl carbamates (subject to hydrolysis) is 1. The van der Waals surface area contributed by atoms with Crippen molar-refractivity contribution >= 4 is 23.7 Å². The minimum atomic E-state index is -0.559. The summed E-state index contributed by atoms with van der Waals surface area (Å²) in [6.07, 6.45) is -0.968. The smallest absolute Gasteiger partial charge is 0.407 e. The van der Waals surface area contributed by atoms with Gasteiger partial charge in [-0.2, -0.15) is 0 Å². The molecule has 0 heterocycles. The Morgan fingerprint density at radius 3 is 2.65 bits per heavy atom. The average molecular weight is 322 g/mol. The molecule has 0 radical (unpaired) electrons. The maximum atomic E-state index is 11.7. The van der Waals surface area contributed by atoms with E-state index in [1.165, 1.54) is 6.92 Å². The third kappa shape index (κ3) is 7.30. The molecule has 23 heavy (non-hydrogen) atoms. The fraction of sp³-hybridized carbons (Fsp3) is 0.438. The lowest BCUT2D eigenvalue weighted by molar-refractivity contribution is -0.148. The van der Waals surface area contributed by atoms with Gasteiger partial charge in [-0.3, -0.25) is 9.59 Å². The minimum Gasteiger partial charge on any atom is -0.458 e. The Labute approximate surface area is 135 Å². The van der Waals surface area contributed by atoms with Crippen LogP contribution in [-0.4, -0.2) is 31.1 Å². The summed E-state index contributed by atoms with van der Waals surface area (Å²) < 4.78 is 9.98. The molecule has 7 heteroatoms. The highest BCUT2D eigenvalue weighted by Crippen LogP contribution is 2.20. The van der Waals surface area contributed by atoms with Gasteiger partial charge in [0.1, 0.15) is 6.10 Å². The predicted molar refractivity (Wildman–Crippen MR) is 84.9 cm³/mol. The standard InChI is InChI=1S/C16H22N2O5/c1-4-22-16(21)17-9-8-15(20)23-11(2)13-6-5-7-14(10-13)18-12(3)19/h5-7,10-11H,4,8-9H2,1-3H3,(H,17,21)(H,18,19)/t11-/m1/s1. The van der Waals surface area contributed by atoms with Crippen LogP contribution in [0.2, 0.25) is 0 Å². The molecule has 0 aliphatic rings. The number of rotatable bonds is 7. The molecule has 2 amide bonds. The zero-order chi connectivity index (χ0) is 17.2. The lowest BCUT2D eigenvalue weighted by Crippen LogP contribution is -2.27. The van der Waals surface area contributed by atoms with Crippen LogP contribution in [-0.2, 0) is 19.1 Å². The number of anilines is 1. The SMILES string of the molecule is CCOC(=O)NCCC(=O)O[C@H](C)c1cccc(NC(C)=O)c1. The van der Waals surface area contributed by atoms with Crippen molar-refractivity contribution in [1.82, 2.24) is 5.32 Å². The van der Waals surface area contributed by atoms with Crippen molar-refractivity contribution in [2.75, 3.05) is 18.5 Å². The molecule has 0 fully saturated rings. The lowest BCUT2D eigenvalue weighted by atomic mass is 10.1. The van der Waals surface area contributed by atoms with Gasteiger partial charge in [0.05, 0.1) is 13.0 Å². The van der Waals surface area contributed by atoms with Crippen LogP contribution in [0.1, 0.15) is 38.9 Å². The van der Waals surface area contributed by atoms with Crippen molar-refractivity contribution in [3.05, 3.63) is 29.8 Å². The third-order valence-electron chi connectivity index (χ3n) is 2.86. The maximum Gasteiger partial charge on any atom is 0.407 e. The van der Waals surface area contributed by atoms with Crippen molar-refractivity contribution in [2.45, 2.75) is 33.3 Å². The third-order valence-corrected chi connectivity index (χ3v) is 2.86. The Bertz CT molecular complexity index is 559. The van der Waals surface area contributed by atoms with Gasteiger partial charge in [0.2, 0.25) is 5.91 Å². The van der Waals surface area contributed by atoms with Crippen LogP contribution >= 0.6 is 0 Å². The van der Waals surface area contributed by atoms with Crippen molar-refractivity contribution in [3.8, 4) is 0 Å². The summed E-state index contributed by atoms with van der Waals surface area (Å²) in [6.45, 7) is 5.29. The lowest BCUT2D eigenvalue weighted by Gasteiger charge is -2.15. The number of hydrogen-bond donors (Lipinski definition) is 2.